The minimum Gasteiger partial charge on any atom is -0.493 e. The fraction of sp³-hybridized carbons (Fsp3) is 0.405. The number of amides is 1. The van der Waals surface area contributed by atoms with Gasteiger partial charge in [0.05, 0.1) is 46.6 Å². The van der Waals surface area contributed by atoms with Gasteiger partial charge in [-0.3, -0.25) is 9.78 Å². The fourth-order valence-electron chi connectivity index (χ4n) is 8.15. The van der Waals surface area contributed by atoms with Crippen LogP contribution in [0.15, 0.2) is 79.1 Å². The van der Waals surface area contributed by atoms with Crippen LogP contribution >= 0.6 is 0 Å². The van der Waals surface area contributed by atoms with E-state index in [2.05, 4.69) is 56.2 Å². The van der Waals surface area contributed by atoms with Crippen LogP contribution in [0.5, 0.6) is 28.7 Å². The first-order valence-corrected chi connectivity index (χ1v) is 18.5. The second-order valence-electron chi connectivity index (χ2n) is 14.1. The van der Waals surface area contributed by atoms with Crippen molar-refractivity contribution in [3.63, 3.8) is 0 Å². The number of carbonyl (C=O) groups is 1. The van der Waals surface area contributed by atoms with Crippen molar-refractivity contribution in [2.45, 2.75) is 43.7 Å². The number of likely N-dealkylation sites (tertiary alicyclic amines) is 2. The highest BCUT2D eigenvalue weighted by Crippen LogP contribution is 2.43. The molecule has 12 nitrogen and oxygen atoms in total. The van der Waals surface area contributed by atoms with E-state index < -0.39 is 0 Å². The van der Waals surface area contributed by atoms with E-state index in [0.717, 1.165) is 74.4 Å². The van der Waals surface area contributed by atoms with Crippen molar-refractivity contribution in [2.75, 3.05) is 73.2 Å². The lowest BCUT2D eigenvalue weighted by Crippen LogP contribution is -2.46. The van der Waals surface area contributed by atoms with Crippen LogP contribution in [0, 0.1) is 0 Å². The van der Waals surface area contributed by atoms with E-state index in [1.165, 1.54) is 5.56 Å². The van der Waals surface area contributed by atoms with E-state index in [-0.39, 0.29) is 11.3 Å². The number of aromatic nitrogens is 3. The normalized spacial score (nSPS) is 17.8. The highest BCUT2D eigenvalue weighted by Gasteiger charge is 2.42. The molecule has 0 aliphatic carbocycles. The molecular weight excluding hydrogens is 684 g/mol. The van der Waals surface area contributed by atoms with E-state index in [0.29, 0.717) is 53.4 Å². The van der Waals surface area contributed by atoms with E-state index in [4.69, 9.17) is 28.7 Å². The van der Waals surface area contributed by atoms with Gasteiger partial charge in [0.1, 0.15) is 0 Å². The summed E-state index contributed by atoms with van der Waals surface area (Å²) in [6.45, 7) is 4.78. The van der Waals surface area contributed by atoms with E-state index in [1.807, 2.05) is 35.5 Å². The summed E-state index contributed by atoms with van der Waals surface area (Å²) in [5.74, 6) is 3.56. The summed E-state index contributed by atoms with van der Waals surface area (Å²) in [5.41, 5.74) is 4.57. The molecule has 7 rings (SSSR count). The van der Waals surface area contributed by atoms with E-state index in [9.17, 15) is 4.79 Å². The van der Waals surface area contributed by atoms with Crippen LogP contribution in [-0.2, 0) is 12.0 Å². The molecule has 1 unspecified atom stereocenters. The Morgan fingerprint density at radius 2 is 1.54 bits per heavy atom. The maximum atomic E-state index is 14.1. The Kier molecular flexibility index (Phi) is 11.1. The summed E-state index contributed by atoms with van der Waals surface area (Å²) < 4.78 is 28.0. The van der Waals surface area contributed by atoms with Gasteiger partial charge in [0, 0.05) is 62.1 Å². The van der Waals surface area contributed by atoms with Crippen molar-refractivity contribution in [1.82, 2.24) is 24.8 Å². The molecule has 2 aliphatic rings. The predicted molar refractivity (Wildman–Crippen MR) is 208 cm³/mol. The van der Waals surface area contributed by atoms with Gasteiger partial charge in [-0.2, -0.15) is 0 Å². The van der Waals surface area contributed by atoms with Crippen LogP contribution in [-0.4, -0.2) is 105 Å². The number of aromatic amines is 1. The number of para-hydroxylation sites is 2. The van der Waals surface area contributed by atoms with E-state index in [1.54, 1.807) is 47.7 Å². The molecule has 1 amide bonds. The number of ether oxygens (including phenoxy) is 5. The molecule has 2 aromatic heterocycles. The summed E-state index contributed by atoms with van der Waals surface area (Å²) >= 11 is 0. The van der Waals surface area contributed by atoms with Crippen molar-refractivity contribution in [3.05, 3.63) is 95.8 Å². The molecule has 2 saturated heterocycles. The molecule has 2 fully saturated rings. The number of hydrogen-bond acceptors (Lipinski definition) is 10. The number of methoxy groups -OCH3 is 5. The second-order valence-corrected chi connectivity index (χ2v) is 14.1. The van der Waals surface area contributed by atoms with Crippen molar-refractivity contribution in [3.8, 4) is 28.7 Å². The molecule has 4 heterocycles. The number of pyridine rings is 1. The van der Waals surface area contributed by atoms with Gasteiger partial charge >= 0.3 is 0 Å². The van der Waals surface area contributed by atoms with Crippen molar-refractivity contribution in [1.29, 1.82) is 0 Å². The Hall–Kier alpha value is -5.49. The second kappa shape index (κ2) is 16.3. The molecule has 5 aromatic rings. The molecule has 0 radical (unpaired) electrons. The zero-order valence-electron chi connectivity index (χ0n) is 31.8. The Labute approximate surface area is 316 Å². The number of carbonyl (C=O) groups excluding carboxylic acids is 1. The Balaban J connectivity index is 1.09. The fourth-order valence-corrected chi connectivity index (χ4v) is 8.15. The van der Waals surface area contributed by atoms with Gasteiger partial charge in [-0.15, -0.1) is 0 Å². The van der Waals surface area contributed by atoms with Crippen LogP contribution in [0.25, 0.3) is 11.0 Å². The van der Waals surface area contributed by atoms with Crippen LogP contribution in [0.4, 0.5) is 5.95 Å². The number of benzene rings is 3. The van der Waals surface area contributed by atoms with Gasteiger partial charge in [0.2, 0.25) is 11.7 Å². The lowest BCUT2D eigenvalue weighted by atomic mass is 9.76. The van der Waals surface area contributed by atoms with Gasteiger partial charge in [-0.1, -0.05) is 18.2 Å². The minimum atomic E-state index is -0.283. The standard InChI is InChI=1S/C42H50N6O6/c1-50-35-11-10-31(26-36(35)51-2)42(17-23-47(28-42)40(49)30-24-37(52-3)39(54-5)38(25-30)53-4)16-22-46-20-14-32(15-21-46)48(27-29-12-18-43-19-13-29)41-44-33-8-6-7-9-34(33)45-41/h6-13,18-19,24-26,32H,14-17,20-23,27-28H2,1-5H3,(H,44,45). The molecule has 0 saturated carbocycles. The summed E-state index contributed by atoms with van der Waals surface area (Å²) in [6, 6.07) is 22.3. The highest BCUT2D eigenvalue weighted by atomic mass is 16.5. The van der Waals surface area contributed by atoms with Gasteiger partial charge in [-0.05, 0) is 91.9 Å². The first-order chi connectivity index (χ1) is 26.4. The third-order valence-electron chi connectivity index (χ3n) is 11.2. The smallest absolute Gasteiger partial charge is 0.254 e. The molecule has 2 aliphatic heterocycles. The topological polar surface area (TPSA) is 115 Å². The van der Waals surface area contributed by atoms with Crippen LogP contribution in [0.2, 0.25) is 0 Å². The van der Waals surface area contributed by atoms with Gasteiger partial charge < -0.3 is 43.4 Å². The number of imidazole rings is 1. The number of rotatable bonds is 14. The average molecular weight is 735 g/mol. The van der Waals surface area contributed by atoms with Gasteiger partial charge in [0.25, 0.3) is 5.91 Å². The van der Waals surface area contributed by atoms with Gasteiger partial charge in [0.15, 0.2) is 23.0 Å². The average Bonchev–Trinajstić information content (AvgIpc) is 3.87. The Morgan fingerprint density at radius 3 is 2.20 bits per heavy atom. The summed E-state index contributed by atoms with van der Waals surface area (Å²) in [4.78, 5) is 33.9. The molecule has 1 atom stereocenters. The SMILES string of the molecule is COc1ccc(C2(CCN3CCC(N(Cc4ccncc4)c4nc5ccccc5[nH]4)CC3)CCN(C(=O)c3cc(OC)c(OC)c(OC)c3)C2)cc1OC. The summed E-state index contributed by atoms with van der Waals surface area (Å²) in [7, 11) is 7.99. The largest absolute Gasteiger partial charge is 0.493 e. The number of nitrogens with zero attached hydrogens (tertiary/aromatic N) is 5. The van der Waals surface area contributed by atoms with E-state index >= 15 is 0 Å². The number of piperidine rings is 1. The lowest BCUT2D eigenvalue weighted by molar-refractivity contribution is 0.0779. The van der Waals surface area contributed by atoms with Crippen molar-refractivity contribution < 1.29 is 28.5 Å². The third kappa shape index (κ3) is 7.48. The minimum absolute atomic E-state index is 0.0719. The Morgan fingerprint density at radius 1 is 0.833 bits per heavy atom. The predicted octanol–water partition coefficient (Wildman–Crippen LogP) is 6.35. The molecule has 0 spiro atoms. The summed E-state index contributed by atoms with van der Waals surface area (Å²) in [5, 5.41) is 0. The maximum absolute atomic E-state index is 14.1. The number of nitrogens with one attached hydrogen (secondary N) is 1. The number of fused-ring (bicyclic) bond motifs is 1. The van der Waals surface area contributed by atoms with Crippen molar-refractivity contribution >= 4 is 22.9 Å². The Bertz CT molecular complexity index is 1990. The molecule has 284 valence electrons. The molecule has 0 bridgehead atoms. The zero-order chi connectivity index (χ0) is 37.7. The highest BCUT2D eigenvalue weighted by molar-refractivity contribution is 5.96. The molecule has 12 heteroatoms. The zero-order valence-corrected chi connectivity index (χ0v) is 31.8. The lowest BCUT2D eigenvalue weighted by Gasteiger charge is -2.40. The number of H-pyrrole nitrogens is 1. The van der Waals surface area contributed by atoms with Crippen molar-refractivity contribution in [2.24, 2.45) is 0 Å². The third-order valence-corrected chi connectivity index (χ3v) is 11.2. The van der Waals surface area contributed by atoms with Crippen LogP contribution in [0.1, 0.15) is 47.2 Å². The first kappa shape index (κ1) is 36.9. The number of anilines is 1. The quantitative estimate of drug-likeness (QED) is 0.139. The first-order valence-electron chi connectivity index (χ1n) is 18.5. The molecule has 1 N–H and O–H groups in total. The maximum Gasteiger partial charge on any atom is 0.254 e. The van der Waals surface area contributed by atoms with Crippen LogP contribution < -0.4 is 28.6 Å². The monoisotopic (exact) mass is 734 g/mol. The van der Waals surface area contributed by atoms with Gasteiger partial charge in [-0.25, -0.2) is 4.98 Å². The molecule has 54 heavy (non-hydrogen) atoms. The molecule has 3 aromatic carbocycles. The summed E-state index contributed by atoms with van der Waals surface area (Å²) in [6.07, 6.45) is 7.43. The molecular formula is C42H50N6O6. The number of hydrogen-bond donors (Lipinski definition) is 1. The van der Waals surface area contributed by atoms with Crippen LogP contribution in [0.3, 0.4) is 0 Å².